The number of nitrogens with zero attached hydrogens (tertiary/aromatic N) is 1. The molecule has 0 saturated heterocycles. The van der Waals surface area contributed by atoms with Crippen LogP contribution in [0, 0.1) is 18.3 Å². The molecule has 0 aliphatic carbocycles. The lowest BCUT2D eigenvalue weighted by Gasteiger charge is -2.10. The first-order valence-electron chi connectivity index (χ1n) is 5.57. The molecule has 0 aliphatic heterocycles. The largest absolute Gasteiger partial charge is 0.381 e. The number of sulfonamides is 1. The highest BCUT2D eigenvalue weighted by molar-refractivity contribution is 7.92. The molecular weight excluding hydrogens is 252 g/mol. The summed E-state index contributed by atoms with van der Waals surface area (Å²) in [5, 5.41) is 8.78. The van der Waals surface area contributed by atoms with Crippen LogP contribution in [0.3, 0.4) is 0 Å². The van der Waals surface area contributed by atoms with Crippen LogP contribution in [0.25, 0.3) is 0 Å². The van der Waals surface area contributed by atoms with Gasteiger partial charge in [0.25, 0.3) is 0 Å². The van der Waals surface area contributed by atoms with Crippen molar-refractivity contribution in [1.82, 2.24) is 0 Å². The summed E-state index contributed by atoms with van der Waals surface area (Å²) in [6, 6.07) is 6.85. The third kappa shape index (κ3) is 4.35. The molecule has 1 aromatic rings. The third-order valence-electron chi connectivity index (χ3n) is 2.33. The van der Waals surface area contributed by atoms with Crippen molar-refractivity contribution in [1.29, 1.82) is 5.26 Å². The molecule has 0 saturated carbocycles. The van der Waals surface area contributed by atoms with E-state index in [-0.39, 0.29) is 12.4 Å². The number of ether oxygens (including phenoxy) is 1. The van der Waals surface area contributed by atoms with Crippen molar-refractivity contribution in [3.05, 3.63) is 29.3 Å². The Morgan fingerprint density at radius 3 is 2.78 bits per heavy atom. The van der Waals surface area contributed by atoms with Gasteiger partial charge < -0.3 is 4.74 Å². The SMILES string of the molecule is CCOCCS(=O)(=O)Nc1cc(C#N)ccc1C. The molecule has 0 aliphatic rings. The first kappa shape index (κ1) is 14.5. The average molecular weight is 268 g/mol. The van der Waals surface area contributed by atoms with E-state index in [2.05, 4.69) is 4.72 Å². The molecule has 1 aromatic carbocycles. The molecule has 1 N–H and O–H groups in total. The maximum absolute atomic E-state index is 11.8. The number of nitriles is 1. The molecule has 5 nitrogen and oxygen atoms in total. The number of hydrogen-bond acceptors (Lipinski definition) is 4. The Labute approximate surface area is 107 Å². The number of nitrogens with one attached hydrogen (secondary N) is 1. The summed E-state index contributed by atoms with van der Waals surface area (Å²) in [6.07, 6.45) is 0. The Balaban J connectivity index is 2.81. The van der Waals surface area contributed by atoms with Gasteiger partial charge >= 0.3 is 0 Å². The highest BCUT2D eigenvalue weighted by Gasteiger charge is 2.12. The van der Waals surface area contributed by atoms with Crippen LogP contribution in [0.2, 0.25) is 0 Å². The molecule has 18 heavy (non-hydrogen) atoms. The molecule has 6 heteroatoms. The Hall–Kier alpha value is -1.58. The zero-order valence-corrected chi connectivity index (χ0v) is 11.3. The molecular formula is C12H16N2O3S. The Kier molecular flexibility index (Phi) is 5.13. The van der Waals surface area contributed by atoms with Crippen LogP contribution in [0.15, 0.2) is 18.2 Å². The lowest BCUT2D eigenvalue weighted by atomic mass is 10.1. The number of aryl methyl sites for hydroxylation is 1. The van der Waals surface area contributed by atoms with E-state index in [0.29, 0.717) is 17.9 Å². The maximum Gasteiger partial charge on any atom is 0.235 e. The molecule has 98 valence electrons. The van der Waals surface area contributed by atoms with E-state index in [1.165, 1.54) is 6.07 Å². The van der Waals surface area contributed by atoms with Gasteiger partial charge in [0.1, 0.15) is 0 Å². The van der Waals surface area contributed by atoms with Crippen molar-refractivity contribution in [2.75, 3.05) is 23.7 Å². The predicted molar refractivity (Wildman–Crippen MR) is 69.8 cm³/mol. The fourth-order valence-electron chi connectivity index (χ4n) is 1.33. The summed E-state index contributed by atoms with van der Waals surface area (Å²) in [5.41, 5.74) is 1.63. The van der Waals surface area contributed by atoms with Crippen LogP contribution in [0.4, 0.5) is 5.69 Å². The lowest BCUT2D eigenvalue weighted by Crippen LogP contribution is -2.20. The zero-order chi connectivity index (χ0) is 13.6. The molecule has 0 heterocycles. The lowest BCUT2D eigenvalue weighted by molar-refractivity contribution is 0.163. The molecule has 0 radical (unpaired) electrons. The molecule has 1 rings (SSSR count). The van der Waals surface area contributed by atoms with Gasteiger partial charge in [-0.25, -0.2) is 8.42 Å². The molecule has 0 spiro atoms. The van der Waals surface area contributed by atoms with Crippen LogP contribution < -0.4 is 4.72 Å². The first-order valence-corrected chi connectivity index (χ1v) is 7.22. The fourth-order valence-corrected chi connectivity index (χ4v) is 2.33. The highest BCUT2D eigenvalue weighted by atomic mass is 32.2. The average Bonchev–Trinajstić information content (AvgIpc) is 2.32. The van der Waals surface area contributed by atoms with Gasteiger partial charge in [-0.05, 0) is 31.5 Å². The highest BCUT2D eigenvalue weighted by Crippen LogP contribution is 2.17. The van der Waals surface area contributed by atoms with Crippen LogP contribution in [-0.2, 0) is 14.8 Å². The molecule has 0 bridgehead atoms. The Bertz CT molecular complexity index is 547. The van der Waals surface area contributed by atoms with E-state index in [0.717, 1.165) is 5.56 Å². The molecule has 0 unspecified atom stereocenters. The second kappa shape index (κ2) is 6.38. The minimum atomic E-state index is -3.44. The minimum absolute atomic E-state index is 0.100. The van der Waals surface area contributed by atoms with Crippen molar-refractivity contribution >= 4 is 15.7 Å². The number of rotatable bonds is 6. The number of anilines is 1. The van der Waals surface area contributed by atoms with E-state index in [4.69, 9.17) is 10.00 Å². The van der Waals surface area contributed by atoms with E-state index < -0.39 is 10.0 Å². The third-order valence-corrected chi connectivity index (χ3v) is 3.57. The number of benzene rings is 1. The van der Waals surface area contributed by atoms with Crippen LogP contribution >= 0.6 is 0 Å². The summed E-state index contributed by atoms with van der Waals surface area (Å²) in [7, 11) is -3.44. The molecule has 0 aromatic heterocycles. The Morgan fingerprint density at radius 1 is 1.44 bits per heavy atom. The van der Waals surface area contributed by atoms with Crippen molar-refractivity contribution in [3.8, 4) is 6.07 Å². The van der Waals surface area contributed by atoms with E-state index in [9.17, 15) is 8.42 Å². The van der Waals surface area contributed by atoms with Crippen molar-refractivity contribution in [2.24, 2.45) is 0 Å². The summed E-state index contributed by atoms with van der Waals surface area (Å²) in [6.45, 7) is 4.23. The van der Waals surface area contributed by atoms with Crippen LogP contribution in [-0.4, -0.2) is 27.4 Å². The standard InChI is InChI=1S/C12H16N2O3S/c1-3-17-6-7-18(15,16)14-12-8-11(9-13)5-4-10(12)2/h4-5,8,14H,3,6-7H2,1-2H3. The molecule has 0 amide bonds. The summed E-state index contributed by atoms with van der Waals surface area (Å²) in [4.78, 5) is 0. The second-order valence-electron chi connectivity index (χ2n) is 3.76. The number of hydrogen-bond donors (Lipinski definition) is 1. The van der Waals surface area contributed by atoms with Gasteiger partial charge in [-0.15, -0.1) is 0 Å². The maximum atomic E-state index is 11.8. The van der Waals surface area contributed by atoms with Gasteiger partial charge in [-0.2, -0.15) is 5.26 Å². The minimum Gasteiger partial charge on any atom is -0.381 e. The topological polar surface area (TPSA) is 79.2 Å². The normalized spacial score (nSPS) is 10.9. The summed E-state index contributed by atoms with van der Waals surface area (Å²) in [5.74, 6) is -0.100. The van der Waals surface area contributed by atoms with Crippen molar-refractivity contribution in [3.63, 3.8) is 0 Å². The summed E-state index contributed by atoms with van der Waals surface area (Å²) < 4.78 is 31.0. The van der Waals surface area contributed by atoms with Crippen LogP contribution in [0.5, 0.6) is 0 Å². The summed E-state index contributed by atoms with van der Waals surface area (Å²) >= 11 is 0. The fraction of sp³-hybridized carbons (Fsp3) is 0.417. The van der Waals surface area contributed by atoms with E-state index >= 15 is 0 Å². The van der Waals surface area contributed by atoms with Gasteiger partial charge in [0.05, 0.1) is 29.7 Å². The van der Waals surface area contributed by atoms with Gasteiger partial charge in [-0.1, -0.05) is 6.07 Å². The second-order valence-corrected chi connectivity index (χ2v) is 5.60. The Morgan fingerprint density at radius 2 is 2.17 bits per heavy atom. The van der Waals surface area contributed by atoms with Crippen molar-refractivity contribution < 1.29 is 13.2 Å². The monoisotopic (exact) mass is 268 g/mol. The first-order chi connectivity index (χ1) is 8.48. The quantitative estimate of drug-likeness (QED) is 0.795. The molecule has 0 fully saturated rings. The van der Waals surface area contributed by atoms with Gasteiger partial charge in [-0.3, -0.25) is 4.72 Å². The predicted octanol–water partition coefficient (Wildman–Crippen LogP) is 1.64. The smallest absolute Gasteiger partial charge is 0.235 e. The zero-order valence-electron chi connectivity index (χ0n) is 10.4. The van der Waals surface area contributed by atoms with Crippen LogP contribution in [0.1, 0.15) is 18.1 Å². The van der Waals surface area contributed by atoms with Gasteiger partial charge in [0, 0.05) is 6.61 Å². The van der Waals surface area contributed by atoms with Gasteiger partial charge in [0.2, 0.25) is 10.0 Å². The van der Waals surface area contributed by atoms with E-state index in [1.807, 2.05) is 6.07 Å². The van der Waals surface area contributed by atoms with E-state index in [1.54, 1.807) is 26.0 Å². The van der Waals surface area contributed by atoms with Gasteiger partial charge in [0.15, 0.2) is 0 Å². The van der Waals surface area contributed by atoms with Crippen molar-refractivity contribution in [2.45, 2.75) is 13.8 Å². The molecule has 0 atom stereocenters.